The van der Waals surface area contributed by atoms with E-state index in [0.29, 0.717) is 31.1 Å². The average Bonchev–Trinajstić information content (AvgIpc) is 2.41. The van der Waals surface area contributed by atoms with Crippen molar-refractivity contribution in [1.29, 1.82) is 0 Å². The second kappa shape index (κ2) is 5.84. The van der Waals surface area contributed by atoms with Gasteiger partial charge < -0.3 is 11.1 Å². The van der Waals surface area contributed by atoms with Gasteiger partial charge in [-0.3, -0.25) is 9.69 Å². The summed E-state index contributed by atoms with van der Waals surface area (Å²) >= 11 is 0. The van der Waals surface area contributed by atoms with E-state index in [0.717, 1.165) is 12.1 Å². The molecule has 2 amide bonds. The fraction of sp³-hybridized carbons (Fsp3) is 0.429. The number of hydrogen-bond donors (Lipinski definition) is 2. The zero-order valence-electron chi connectivity index (χ0n) is 11.1. The molecule has 0 saturated carbocycles. The predicted octanol–water partition coefficient (Wildman–Crippen LogP) is 1.38. The third kappa shape index (κ3) is 3.12. The molecule has 1 saturated heterocycles. The van der Waals surface area contributed by atoms with E-state index in [1.165, 1.54) is 6.92 Å². The number of nitrogens with zero attached hydrogens (tertiary/aromatic N) is 1. The standard InChI is InChI=1S/C14H19N3O2/c1-10(18)12-3-2-4-13(7-12)17-9-11(5-6-15)8-16-14(17)19/h2-4,7,11H,5-6,8-9,15H2,1H3,(H,16,19). The Hall–Kier alpha value is -1.88. The van der Waals surface area contributed by atoms with E-state index in [-0.39, 0.29) is 11.8 Å². The first kappa shape index (κ1) is 13.5. The highest BCUT2D eigenvalue weighted by Crippen LogP contribution is 2.21. The second-order valence-electron chi connectivity index (χ2n) is 4.85. The van der Waals surface area contributed by atoms with Crippen LogP contribution in [0.3, 0.4) is 0 Å². The normalized spacial score (nSPS) is 19.2. The van der Waals surface area contributed by atoms with Crippen molar-refractivity contribution in [3.63, 3.8) is 0 Å². The molecule has 0 radical (unpaired) electrons. The number of anilines is 1. The lowest BCUT2D eigenvalue weighted by Gasteiger charge is -2.33. The molecule has 0 aliphatic carbocycles. The minimum absolute atomic E-state index is 0.00206. The molecule has 2 rings (SSSR count). The van der Waals surface area contributed by atoms with Gasteiger partial charge >= 0.3 is 6.03 Å². The maximum absolute atomic E-state index is 11.9. The summed E-state index contributed by atoms with van der Waals surface area (Å²) in [5.41, 5.74) is 6.94. The van der Waals surface area contributed by atoms with Crippen LogP contribution in [-0.4, -0.2) is 31.4 Å². The molecule has 1 aromatic rings. The van der Waals surface area contributed by atoms with Gasteiger partial charge in [0.05, 0.1) is 0 Å². The first-order valence-electron chi connectivity index (χ1n) is 6.48. The second-order valence-corrected chi connectivity index (χ2v) is 4.85. The summed E-state index contributed by atoms with van der Waals surface area (Å²) < 4.78 is 0. The molecule has 1 heterocycles. The van der Waals surface area contributed by atoms with Gasteiger partial charge in [-0.25, -0.2) is 4.79 Å². The minimum Gasteiger partial charge on any atom is -0.337 e. The molecular weight excluding hydrogens is 242 g/mol. The smallest absolute Gasteiger partial charge is 0.321 e. The van der Waals surface area contributed by atoms with Gasteiger partial charge in [0.15, 0.2) is 5.78 Å². The van der Waals surface area contributed by atoms with E-state index >= 15 is 0 Å². The molecule has 1 fully saturated rings. The van der Waals surface area contributed by atoms with E-state index < -0.39 is 0 Å². The molecule has 3 N–H and O–H groups in total. The Bertz CT molecular complexity index is 487. The number of hydrogen-bond acceptors (Lipinski definition) is 3. The van der Waals surface area contributed by atoms with Gasteiger partial charge in [0, 0.05) is 24.3 Å². The van der Waals surface area contributed by atoms with Gasteiger partial charge in [0.25, 0.3) is 0 Å². The molecule has 1 aliphatic heterocycles. The summed E-state index contributed by atoms with van der Waals surface area (Å²) in [7, 11) is 0. The molecule has 5 nitrogen and oxygen atoms in total. The van der Waals surface area contributed by atoms with Crippen molar-refractivity contribution >= 4 is 17.5 Å². The highest BCUT2D eigenvalue weighted by atomic mass is 16.2. The van der Waals surface area contributed by atoms with Crippen molar-refractivity contribution in [3.05, 3.63) is 29.8 Å². The lowest BCUT2D eigenvalue weighted by atomic mass is 10.0. The molecule has 1 atom stereocenters. The third-order valence-corrected chi connectivity index (χ3v) is 3.37. The quantitative estimate of drug-likeness (QED) is 0.804. The van der Waals surface area contributed by atoms with Crippen LogP contribution in [0.4, 0.5) is 10.5 Å². The van der Waals surface area contributed by atoms with E-state index in [1.807, 2.05) is 6.07 Å². The Labute approximate surface area is 112 Å². The van der Waals surface area contributed by atoms with Crippen molar-refractivity contribution < 1.29 is 9.59 Å². The maximum Gasteiger partial charge on any atom is 0.321 e. The van der Waals surface area contributed by atoms with Crippen molar-refractivity contribution in [1.82, 2.24) is 5.32 Å². The number of Topliss-reactive ketones (excluding diaryl/α,β-unsaturated/α-hetero) is 1. The Morgan fingerprint density at radius 2 is 2.32 bits per heavy atom. The highest BCUT2D eigenvalue weighted by molar-refractivity contribution is 5.97. The molecule has 0 spiro atoms. The average molecular weight is 261 g/mol. The van der Waals surface area contributed by atoms with E-state index in [1.54, 1.807) is 23.1 Å². The lowest BCUT2D eigenvalue weighted by molar-refractivity contribution is 0.101. The predicted molar refractivity (Wildman–Crippen MR) is 74.4 cm³/mol. The Balaban J connectivity index is 2.21. The minimum atomic E-state index is -0.117. The van der Waals surface area contributed by atoms with Crippen LogP contribution in [0.2, 0.25) is 0 Å². The van der Waals surface area contributed by atoms with Crippen LogP contribution in [0.5, 0.6) is 0 Å². The van der Waals surface area contributed by atoms with Gasteiger partial charge in [0.2, 0.25) is 0 Å². The van der Waals surface area contributed by atoms with Crippen molar-refractivity contribution in [2.45, 2.75) is 13.3 Å². The Morgan fingerprint density at radius 3 is 3.00 bits per heavy atom. The first-order valence-corrected chi connectivity index (χ1v) is 6.48. The van der Waals surface area contributed by atoms with Crippen molar-refractivity contribution in [2.75, 3.05) is 24.5 Å². The van der Waals surface area contributed by atoms with Crippen LogP contribution < -0.4 is 16.0 Å². The van der Waals surface area contributed by atoms with E-state index in [4.69, 9.17) is 5.73 Å². The zero-order chi connectivity index (χ0) is 13.8. The number of nitrogens with one attached hydrogen (secondary N) is 1. The van der Waals surface area contributed by atoms with Gasteiger partial charge in [-0.05, 0) is 37.9 Å². The molecular formula is C14H19N3O2. The van der Waals surface area contributed by atoms with Gasteiger partial charge in [0.1, 0.15) is 0 Å². The lowest BCUT2D eigenvalue weighted by Crippen LogP contribution is -2.51. The van der Waals surface area contributed by atoms with Crippen LogP contribution in [0.15, 0.2) is 24.3 Å². The number of ketones is 1. The Kier molecular flexibility index (Phi) is 4.16. The third-order valence-electron chi connectivity index (χ3n) is 3.37. The summed E-state index contributed by atoms with van der Waals surface area (Å²) in [6, 6.07) is 7.04. The molecule has 1 aromatic carbocycles. The molecule has 0 aromatic heterocycles. The summed E-state index contributed by atoms with van der Waals surface area (Å²) in [6.45, 7) is 3.44. The van der Waals surface area contributed by atoms with E-state index in [9.17, 15) is 9.59 Å². The summed E-state index contributed by atoms with van der Waals surface area (Å²) in [4.78, 5) is 25.0. The zero-order valence-corrected chi connectivity index (χ0v) is 11.1. The molecule has 19 heavy (non-hydrogen) atoms. The van der Waals surface area contributed by atoms with Crippen LogP contribution in [-0.2, 0) is 0 Å². The Morgan fingerprint density at radius 1 is 1.53 bits per heavy atom. The highest BCUT2D eigenvalue weighted by Gasteiger charge is 2.26. The first-order chi connectivity index (χ1) is 9.11. The SMILES string of the molecule is CC(=O)c1cccc(N2CC(CCN)CNC2=O)c1. The van der Waals surface area contributed by atoms with E-state index in [2.05, 4.69) is 5.32 Å². The number of rotatable bonds is 4. The number of amides is 2. The largest absolute Gasteiger partial charge is 0.337 e. The van der Waals surface area contributed by atoms with Crippen LogP contribution in [0.1, 0.15) is 23.7 Å². The summed E-state index contributed by atoms with van der Waals surface area (Å²) in [6.07, 6.45) is 0.878. The van der Waals surface area contributed by atoms with Crippen molar-refractivity contribution in [3.8, 4) is 0 Å². The summed E-state index contributed by atoms with van der Waals surface area (Å²) in [5.74, 6) is 0.349. The van der Waals surface area contributed by atoms with Gasteiger partial charge in [-0.15, -0.1) is 0 Å². The number of carbonyl (C=O) groups is 2. The van der Waals surface area contributed by atoms with Crippen LogP contribution in [0, 0.1) is 5.92 Å². The number of urea groups is 1. The monoisotopic (exact) mass is 261 g/mol. The fourth-order valence-corrected chi connectivity index (χ4v) is 2.28. The molecule has 1 aliphatic rings. The maximum atomic E-state index is 11.9. The molecule has 102 valence electrons. The number of nitrogens with two attached hydrogens (primary N) is 1. The number of carbonyl (C=O) groups excluding carboxylic acids is 2. The molecule has 0 bridgehead atoms. The van der Waals surface area contributed by atoms with Gasteiger partial charge in [-0.1, -0.05) is 12.1 Å². The number of benzene rings is 1. The topological polar surface area (TPSA) is 75.4 Å². The fourth-order valence-electron chi connectivity index (χ4n) is 2.28. The summed E-state index contributed by atoms with van der Waals surface area (Å²) in [5, 5.41) is 2.86. The van der Waals surface area contributed by atoms with Crippen LogP contribution in [0.25, 0.3) is 0 Å². The van der Waals surface area contributed by atoms with Crippen molar-refractivity contribution in [2.24, 2.45) is 11.7 Å². The molecule has 5 heteroatoms. The molecule has 1 unspecified atom stereocenters. The van der Waals surface area contributed by atoms with Crippen LogP contribution >= 0.6 is 0 Å². The van der Waals surface area contributed by atoms with Gasteiger partial charge in [-0.2, -0.15) is 0 Å².